The molecule has 22 heavy (non-hydrogen) atoms. The average Bonchev–Trinajstić information content (AvgIpc) is 2.56. The molecule has 0 amide bonds. The second-order valence-corrected chi connectivity index (χ2v) is 5.25. The summed E-state index contributed by atoms with van der Waals surface area (Å²) in [5, 5.41) is 3.93. The van der Waals surface area contributed by atoms with Crippen molar-refractivity contribution in [3.8, 4) is 0 Å². The average molecular weight is 293 g/mol. The minimum absolute atomic E-state index is 0.193. The number of nitrogens with one attached hydrogen (secondary N) is 1. The van der Waals surface area contributed by atoms with Crippen molar-refractivity contribution in [3.63, 3.8) is 0 Å². The first-order chi connectivity index (χ1) is 10.8. The predicted molar refractivity (Wildman–Crippen MR) is 90.6 cm³/mol. The van der Waals surface area contributed by atoms with Crippen LogP contribution in [0.5, 0.6) is 0 Å². The van der Waals surface area contributed by atoms with E-state index < -0.39 is 0 Å². The maximum absolute atomic E-state index is 12.3. The van der Waals surface area contributed by atoms with E-state index in [9.17, 15) is 4.79 Å². The molecule has 1 N–H and O–H groups in total. The van der Waals surface area contributed by atoms with Gasteiger partial charge in [-0.1, -0.05) is 43.7 Å². The fraction of sp³-hybridized carbons (Fsp3) is 0.222. The number of fused-ring (bicyclic) bond motifs is 1. The Morgan fingerprint density at radius 2 is 1.77 bits per heavy atom. The normalized spacial score (nSPS) is 10.8. The molecule has 3 rings (SSSR count). The third-order valence-electron chi connectivity index (χ3n) is 3.65. The van der Waals surface area contributed by atoms with Crippen LogP contribution in [0, 0.1) is 0 Å². The van der Waals surface area contributed by atoms with E-state index in [-0.39, 0.29) is 5.56 Å². The topological polar surface area (TPSA) is 46.9 Å². The van der Waals surface area contributed by atoms with Gasteiger partial charge in [0.2, 0.25) is 5.95 Å². The molecule has 4 heteroatoms. The van der Waals surface area contributed by atoms with Gasteiger partial charge in [0.25, 0.3) is 5.56 Å². The molecule has 0 aliphatic heterocycles. The summed E-state index contributed by atoms with van der Waals surface area (Å²) in [6, 6.07) is 17.4. The van der Waals surface area contributed by atoms with Crippen LogP contribution in [0.15, 0.2) is 59.4 Å². The molecule has 112 valence electrons. The maximum Gasteiger partial charge on any atom is 0.282 e. The fourth-order valence-corrected chi connectivity index (χ4v) is 2.51. The second-order valence-electron chi connectivity index (χ2n) is 5.25. The first-order valence-corrected chi connectivity index (χ1v) is 7.61. The highest BCUT2D eigenvalue weighted by Crippen LogP contribution is 2.19. The highest BCUT2D eigenvalue weighted by molar-refractivity contribution is 5.79. The van der Waals surface area contributed by atoms with Crippen molar-refractivity contribution in [2.24, 2.45) is 0 Å². The Balaban J connectivity index is 2.13. The molecule has 0 aliphatic rings. The summed E-state index contributed by atoms with van der Waals surface area (Å²) in [4.78, 5) is 16.5. The van der Waals surface area contributed by atoms with Gasteiger partial charge in [0.1, 0.15) is 0 Å². The molecule has 0 saturated heterocycles. The number of hydrogen-bond donors (Lipinski definition) is 1. The molecule has 0 bridgehead atoms. The summed E-state index contributed by atoms with van der Waals surface area (Å²) < 4.78 is 2.09. The molecule has 0 fully saturated rings. The molecule has 0 unspecified atom stereocenters. The van der Waals surface area contributed by atoms with Crippen LogP contribution in [0.3, 0.4) is 0 Å². The fourth-order valence-electron chi connectivity index (χ4n) is 2.51. The highest BCUT2D eigenvalue weighted by Gasteiger charge is 2.10. The van der Waals surface area contributed by atoms with Crippen molar-refractivity contribution in [3.05, 3.63) is 65.0 Å². The Kier molecular flexibility index (Phi) is 4.19. The van der Waals surface area contributed by atoms with Crippen molar-refractivity contribution in [2.45, 2.75) is 26.3 Å². The van der Waals surface area contributed by atoms with Gasteiger partial charge in [0.05, 0.1) is 10.9 Å². The smallest absolute Gasteiger partial charge is 0.282 e. The summed E-state index contributed by atoms with van der Waals surface area (Å²) >= 11 is 0. The number of rotatable bonds is 5. The van der Waals surface area contributed by atoms with Crippen LogP contribution in [-0.4, -0.2) is 9.55 Å². The Morgan fingerprint density at radius 1 is 1.05 bits per heavy atom. The third-order valence-corrected chi connectivity index (χ3v) is 3.65. The molecular formula is C18H19N3O. The molecule has 0 spiro atoms. The Hall–Kier alpha value is -2.62. The third kappa shape index (κ3) is 2.86. The monoisotopic (exact) mass is 293 g/mol. The maximum atomic E-state index is 12.3. The largest absolute Gasteiger partial charge is 0.326 e. The van der Waals surface area contributed by atoms with E-state index in [2.05, 4.69) is 21.8 Å². The molecule has 0 radical (unpaired) electrons. The summed E-state index contributed by atoms with van der Waals surface area (Å²) in [6.07, 6.45) is 2.13. The summed E-state index contributed by atoms with van der Waals surface area (Å²) in [5.41, 5.74) is 1.66. The molecular weight excluding hydrogens is 274 g/mol. The van der Waals surface area contributed by atoms with E-state index in [4.69, 9.17) is 0 Å². The zero-order valence-electron chi connectivity index (χ0n) is 12.6. The van der Waals surface area contributed by atoms with E-state index >= 15 is 0 Å². The van der Waals surface area contributed by atoms with Gasteiger partial charge in [-0.3, -0.25) is 4.79 Å². The van der Waals surface area contributed by atoms with Gasteiger partial charge < -0.3 is 9.88 Å². The minimum atomic E-state index is -0.193. The van der Waals surface area contributed by atoms with Crippen molar-refractivity contribution in [1.82, 2.24) is 9.55 Å². The predicted octanol–water partition coefficient (Wildman–Crippen LogP) is 3.94. The van der Waals surface area contributed by atoms with Gasteiger partial charge >= 0.3 is 0 Å². The van der Waals surface area contributed by atoms with Crippen LogP contribution in [0.25, 0.3) is 10.9 Å². The molecule has 4 nitrogen and oxygen atoms in total. The van der Waals surface area contributed by atoms with Crippen molar-refractivity contribution in [2.75, 3.05) is 5.32 Å². The summed E-state index contributed by atoms with van der Waals surface area (Å²) in [6.45, 7) is 2.99. The van der Waals surface area contributed by atoms with Gasteiger partial charge in [-0.2, -0.15) is 4.98 Å². The SMILES string of the molecule is CCCCn1c(Nc2ccccc2)nc(=O)c2ccccc21. The van der Waals surface area contributed by atoms with Crippen molar-refractivity contribution < 1.29 is 0 Å². The summed E-state index contributed by atoms with van der Waals surface area (Å²) in [7, 11) is 0. The first kappa shape index (κ1) is 14.3. The quantitative estimate of drug-likeness (QED) is 0.775. The molecule has 3 aromatic rings. The Bertz CT molecular complexity index is 825. The van der Waals surface area contributed by atoms with Crippen LogP contribution >= 0.6 is 0 Å². The summed E-state index contributed by atoms with van der Waals surface area (Å²) in [5.74, 6) is 0.600. The van der Waals surface area contributed by atoms with Crippen molar-refractivity contribution in [1.29, 1.82) is 0 Å². The van der Waals surface area contributed by atoms with Crippen LogP contribution in [0.4, 0.5) is 11.6 Å². The van der Waals surface area contributed by atoms with Crippen LogP contribution in [0.2, 0.25) is 0 Å². The van der Waals surface area contributed by atoms with Gasteiger partial charge in [-0.25, -0.2) is 0 Å². The standard InChI is InChI=1S/C18H19N3O/c1-2-3-13-21-16-12-8-7-11-15(16)17(22)20-18(21)19-14-9-5-4-6-10-14/h4-12H,2-3,13H2,1H3,(H,19,20,22). The molecule has 0 aliphatic carbocycles. The highest BCUT2D eigenvalue weighted by atomic mass is 16.1. The number of hydrogen-bond acceptors (Lipinski definition) is 3. The lowest BCUT2D eigenvalue weighted by molar-refractivity contribution is 0.644. The molecule has 0 atom stereocenters. The van der Waals surface area contributed by atoms with E-state index in [0.29, 0.717) is 11.3 Å². The number of nitrogens with zero attached hydrogens (tertiary/aromatic N) is 2. The van der Waals surface area contributed by atoms with E-state index in [1.54, 1.807) is 0 Å². The number of para-hydroxylation sites is 2. The molecule has 1 heterocycles. The van der Waals surface area contributed by atoms with Gasteiger partial charge in [-0.15, -0.1) is 0 Å². The molecule has 2 aromatic carbocycles. The number of unbranched alkanes of at least 4 members (excludes halogenated alkanes) is 1. The zero-order chi connectivity index (χ0) is 15.4. The van der Waals surface area contributed by atoms with E-state index in [1.807, 2.05) is 54.6 Å². The van der Waals surface area contributed by atoms with Crippen LogP contribution in [0.1, 0.15) is 19.8 Å². The van der Waals surface area contributed by atoms with E-state index in [1.165, 1.54) is 0 Å². The van der Waals surface area contributed by atoms with E-state index in [0.717, 1.165) is 30.6 Å². The number of aromatic nitrogens is 2. The lowest BCUT2D eigenvalue weighted by Gasteiger charge is -2.16. The van der Waals surface area contributed by atoms with Gasteiger partial charge in [0, 0.05) is 12.2 Å². The van der Waals surface area contributed by atoms with Gasteiger partial charge in [-0.05, 0) is 30.7 Å². The Morgan fingerprint density at radius 3 is 2.55 bits per heavy atom. The number of anilines is 2. The van der Waals surface area contributed by atoms with Crippen molar-refractivity contribution >= 4 is 22.5 Å². The molecule has 1 aromatic heterocycles. The lowest BCUT2D eigenvalue weighted by atomic mass is 10.2. The Labute approximate surface area is 129 Å². The van der Waals surface area contributed by atoms with Crippen LogP contribution < -0.4 is 10.9 Å². The number of aryl methyl sites for hydroxylation is 1. The first-order valence-electron chi connectivity index (χ1n) is 7.61. The lowest BCUT2D eigenvalue weighted by Crippen LogP contribution is -2.18. The van der Waals surface area contributed by atoms with Gasteiger partial charge in [0.15, 0.2) is 0 Å². The second kappa shape index (κ2) is 6.43. The number of benzene rings is 2. The molecule has 0 saturated carbocycles. The minimum Gasteiger partial charge on any atom is -0.326 e. The zero-order valence-corrected chi connectivity index (χ0v) is 12.6. The van der Waals surface area contributed by atoms with Crippen LogP contribution in [-0.2, 0) is 6.54 Å².